The van der Waals surface area contributed by atoms with Gasteiger partial charge < -0.3 is 5.73 Å². The lowest BCUT2D eigenvalue weighted by atomic mass is 10.3. The number of pyridine rings is 1. The van der Waals surface area contributed by atoms with E-state index < -0.39 is 10.0 Å². The van der Waals surface area contributed by atoms with E-state index in [0.29, 0.717) is 15.9 Å². The van der Waals surface area contributed by atoms with Crippen molar-refractivity contribution in [2.75, 3.05) is 5.73 Å². The van der Waals surface area contributed by atoms with E-state index in [9.17, 15) is 8.42 Å². The first kappa shape index (κ1) is 15.0. The van der Waals surface area contributed by atoms with Crippen molar-refractivity contribution in [3.05, 3.63) is 52.3 Å². The molecule has 0 unspecified atom stereocenters. The summed E-state index contributed by atoms with van der Waals surface area (Å²) in [7, 11) is -3.64. The van der Waals surface area contributed by atoms with Crippen LogP contribution in [0, 0.1) is 6.92 Å². The second-order valence-corrected chi connectivity index (χ2v) is 6.87. The number of nitrogens with one attached hydrogen (secondary N) is 1. The van der Waals surface area contributed by atoms with Gasteiger partial charge in [0, 0.05) is 15.9 Å². The van der Waals surface area contributed by atoms with Gasteiger partial charge in [-0.1, -0.05) is 6.07 Å². The van der Waals surface area contributed by atoms with Gasteiger partial charge in [0.1, 0.15) is 0 Å². The second kappa shape index (κ2) is 5.90. The minimum atomic E-state index is -3.64. The van der Waals surface area contributed by atoms with E-state index in [2.05, 4.69) is 25.6 Å². The Kier molecular flexibility index (Phi) is 4.42. The number of aryl methyl sites for hydroxylation is 1. The maximum absolute atomic E-state index is 12.2. The van der Waals surface area contributed by atoms with E-state index in [-0.39, 0.29) is 11.4 Å². The third-order valence-electron chi connectivity index (χ3n) is 2.63. The van der Waals surface area contributed by atoms with Crippen molar-refractivity contribution in [2.45, 2.75) is 18.4 Å². The number of aromatic nitrogens is 1. The van der Waals surface area contributed by atoms with E-state index in [1.165, 1.54) is 6.07 Å². The molecule has 7 heteroatoms. The number of halogens is 1. The van der Waals surface area contributed by atoms with Gasteiger partial charge in [0.2, 0.25) is 10.0 Å². The fraction of sp³-hybridized carbons (Fsp3) is 0.154. The number of nitrogens with zero attached hydrogens (tertiary/aromatic N) is 1. The van der Waals surface area contributed by atoms with Crippen molar-refractivity contribution in [3.63, 3.8) is 0 Å². The van der Waals surface area contributed by atoms with Crippen LogP contribution in [-0.4, -0.2) is 13.4 Å². The number of benzene rings is 1. The van der Waals surface area contributed by atoms with E-state index in [1.807, 2.05) is 19.1 Å². The highest BCUT2D eigenvalue weighted by atomic mass is 79.9. The summed E-state index contributed by atoms with van der Waals surface area (Å²) in [5, 5.41) is 0. The van der Waals surface area contributed by atoms with Crippen LogP contribution < -0.4 is 10.5 Å². The summed E-state index contributed by atoms with van der Waals surface area (Å²) >= 11 is 3.21. The molecule has 0 aliphatic carbocycles. The van der Waals surface area contributed by atoms with Crippen LogP contribution in [0.1, 0.15) is 11.4 Å². The molecule has 0 fully saturated rings. The summed E-state index contributed by atoms with van der Waals surface area (Å²) in [5.41, 5.74) is 7.52. The Balaban J connectivity index is 2.21. The van der Waals surface area contributed by atoms with Gasteiger partial charge in [0.15, 0.2) is 0 Å². The van der Waals surface area contributed by atoms with Gasteiger partial charge in [-0.25, -0.2) is 13.1 Å². The van der Waals surface area contributed by atoms with Crippen LogP contribution in [0.4, 0.5) is 5.69 Å². The molecular formula is C13H14BrN3O2S. The standard InChI is InChI=1S/C13H14BrN3O2S/c1-9-3-2-4-11(17-9)8-16-20(18,19)13-7-10(15)5-6-12(13)14/h2-7,16H,8,15H2,1H3. The topological polar surface area (TPSA) is 85.1 Å². The molecule has 1 heterocycles. The minimum Gasteiger partial charge on any atom is -0.399 e. The molecular weight excluding hydrogens is 342 g/mol. The molecule has 1 aromatic carbocycles. The van der Waals surface area contributed by atoms with Crippen LogP contribution in [0.15, 0.2) is 45.8 Å². The van der Waals surface area contributed by atoms with Gasteiger partial charge in [-0.05, 0) is 53.2 Å². The summed E-state index contributed by atoms with van der Waals surface area (Å²) < 4.78 is 27.5. The zero-order valence-electron chi connectivity index (χ0n) is 10.8. The molecule has 0 aliphatic rings. The summed E-state index contributed by atoms with van der Waals surface area (Å²) in [6.07, 6.45) is 0. The summed E-state index contributed by atoms with van der Waals surface area (Å²) in [4.78, 5) is 4.36. The Morgan fingerprint density at radius 1 is 1.30 bits per heavy atom. The molecule has 5 nitrogen and oxygen atoms in total. The molecule has 0 amide bonds. The summed E-state index contributed by atoms with van der Waals surface area (Å²) in [6.45, 7) is 1.98. The quantitative estimate of drug-likeness (QED) is 0.823. The lowest BCUT2D eigenvalue weighted by Gasteiger charge is -2.09. The van der Waals surface area contributed by atoms with Crippen molar-refractivity contribution < 1.29 is 8.42 Å². The Morgan fingerprint density at radius 3 is 2.75 bits per heavy atom. The third kappa shape index (κ3) is 3.56. The van der Waals surface area contributed by atoms with Gasteiger partial charge >= 0.3 is 0 Å². The average molecular weight is 356 g/mol. The molecule has 2 aromatic rings. The molecule has 0 atom stereocenters. The normalized spacial score (nSPS) is 11.5. The number of anilines is 1. The average Bonchev–Trinajstić information content (AvgIpc) is 2.39. The van der Waals surface area contributed by atoms with Crippen molar-refractivity contribution >= 4 is 31.6 Å². The molecule has 0 saturated heterocycles. The first-order valence-corrected chi connectivity index (χ1v) is 8.13. The van der Waals surface area contributed by atoms with E-state index in [4.69, 9.17) is 5.73 Å². The number of nitrogens with two attached hydrogens (primary N) is 1. The Morgan fingerprint density at radius 2 is 2.05 bits per heavy atom. The zero-order chi connectivity index (χ0) is 14.8. The summed E-state index contributed by atoms with van der Waals surface area (Å²) in [5.74, 6) is 0. The van der Waals surface area contributed by atoms with Gasteiger partial charge in [-0.3, -0.25) is 4.98 Å². The Hall–Kier alpha value is -1.44. The zero-order valence-corrected chi connectivity index (χ0v) is 13.2. The lowest BCUT2D eigenvalue weighted by molar-refractivity contribution is 0.580. The van der Waals surface area contributed by atoms with Crippen molar-refractivity contribution in [2.24, 2.45) is 0 Å². The molecule has 20 heavy (non-hydrogen) atoms. The molecule has 1 aromatic heterocycles. The van der Waals surface area contributed by atoms with Crippen molar-refractivity contribution in [1.29, 1.82) is 0 Å². The maximum atomic E-state index is 12.2. The number of rotatable bonds is 4. The largest absolute Gasteiger partial charge is 0.399 e. The minimum absolute atomic E-state index is 0.116. The summed E-state index contributed by atoms with van der Waals surface area (Å²) in [6, 6.07) is 10.1. The van der Waals surface area contributed by atoms with Gasteiger partial charge in [0.25, 0.3) is 0 Å². The lowest BCUT2D eigenvalue weighted by Crippen LogP contribution is -2.24. The van der Waals surface area contributed by atoms with Crippen LogP contribution in [-0.2, 0) is 16.6 Å². The van der Waals surface area contributed by atoms with Crippen LogP contribution >= 0.6 is 15.9 Å². The number of hydrogen-bond donors (Lipinski definition) is 2. The predicted molar refractivity (Wildman–Crippen MR) is 81.6 cm³/mol. The smallest absolute Gasteiger partial charge is 0.242 e. The predicted octanol–water partition coefficient (Wildman–Crippen LogP) is 2.21. The highest BCUT2D eigenvalue weighted by molar-refractivity contribution is 9.10. The molecule has 106 valence electrons. The van der Waals surface area contributed by atoms with Gasteiger partial charge in [-0.15, -0.1) is 0 Å². The molecule has 0 spiro atoms. The highest BCUT2D eigenvalue weighted by Gasteiger charge is 2.17. The SMILES string of the molecule is Cc1cccc(CNS(=O)(=O)c2cc(N)ccc2Br)n1. The van der Waals surface area contributed by atoms with E-state index in [1.54, 1.807) is 18.2 Å². The number of hydrogen-bond acceptors (Lipinski definition) is 4. The fourth-order valence-electron chi connectivity index (χ4n) is 1.67. The third-order valence-corrected chi connectivity index (χ3v) is 5.03. The van der Waals surface area contributed by atoms with Crippen LogP contribution in [0.2, 0.25) is 0 Å². The first-order chi connectivity index (χ1) is 9.38. The number of sulfonamides is 1. The fourth-order valence-corrected chi connectivity index (χ4v) is 3.67. The van der Waals surface area contributed by atoms with E-state index >= 15 is 0 Å². The monoisotopic (exact) mass is 355 g/mol. The molecule has 0 radical (unpaired) electrons. The van der Waals surface area contributed by atoms with Crippen molar-refractivity contribution in [3.8, 4) is 0 Å². The molecule has 0 saturated carbocycles. The van der Waals surface area contributed by atoms with Gasteiger partial charge in [-0.2, -0.15) is 0 Å². The Bertz CT molecular complexity index is 732. The second-order valence-electron chi connectivity index (χ2n) is 4.28. The van der Waals surface area contributed by atoms with Gasteiger partial charge in [0.05, 0.1) is 17.1 Å². The van der Waals surface area contributed by atoms with Crippen molar-refractivity contribution in [1.82, 2.24) is 9.71 Å². The Labute approximate surface area is 126 Å². The highest BCUT2D eigenvalue weighted by Crippen LogP contribution is 2.24. The molecule has 0 aliphatic heterocycles. The molecule has 3 N–H and O–H groups in total. The molecule has 2 rings (SSSR count). The molecule has 0 bridgehead atoms. The van der Waals surface area contributed by atoms with Crippen LogP contribution in [0.25, 0.3) is 0 Å². The van der Waals surface area contributed by atoms with Crippen LogP contribution in [0.5, 0.6) is 0 Å². The maximum Gasteiger partial charge on any atom is 0.242 e. The van der Waals surface area contributed by atoms with E-state index in [0.717, 1.165) is 5.69 Å². The first-order valence-electron chi connectivity index (χ1n) is 5.86. The van der Waals surface area contributed by atoms with Crippen LogP contribution in [0.3, 0.4) is 0 Å². The number of nitrogen functional groups attached to an aromatic ring is 1.